The Morgan fingerprint density at radius 2 is 1.89 bits per heavy atom. The van der Waals surface area contributed by atoms with E-state index in [9.17, 15) is 4.79 Å². The van der Waals surface area contributed by atoms with Crippen LogP contribution in [-0.2, 0) is 9.53 Å². The van der Waals surface area contributed by atoms with Crippen LogP contribution >= 0.6 is 0 Å². The molecule has 1 amide bonds. The highest BCUT2D eigenvalue weighted by Crippen LogP contribution is 2.24. The maximum atomic E-state index is 12.2. The van der Waals surface area contributed by atoms with Crippen molar-refractivity contribution in [3.63, 3.8) is 0 Å². The molecule has 1 saturated carbocycles. The highest BCUT2D eigenvalue weighted by atomic mass is 16.5. The molecule has 1 heterocycles. The molecule has 4 heteroatoms. The molecule has 0 bridgehead atoms. The number of amides is 1. The molecular weight excluding hydrogens is 228 g/mol. The third-order valence-electron chi connectivity index (χ3n) is 4.52. The molecule has 2 rings (SSSR count). The van der Waals surface area contributed by atoms with Gasteiger partial charge in [-0.15, -0.1) is 0 Å². The molecule has 0 aromatic heterocycles. The van der Waals surface area contributed by atoms with Crippen LogP contribution in [0.25, 0.3) is 0 Å². The predicted octanol–water partition coefficient (Wildman–Crippen LogP) is 1.44. The number of carbonyl (C=O) groups excluding carboxylic acids is 1. The SMILES string of the molecule is CC1CCCCC1NC(=O)C(N)C1CCOCC1. The summed E-state index contributed by atoms with van der Waals surface area (Å²) >= 11 is 0. The van der Waals surface area contributed by atoms with Crippen molar-refractivity contribution in [3.8, 4) is 0 Å². The average Bonchev–Trinajstić information content (AvgIpc) is 2.41. The molecule has 1 saturated heterocycles. The lowest BCUT2D eigenvalue weighted by Gasteiger charge is -2.32. The van der Waals surface area contributed by atoms with Gasteiger partial charge in [-0.1, -0.05) is 19.8 Å². The van der Waals surface area contributed by atoms with Crippen molar-refractivity contribution >= 4 is 5.91 Å². The fourth-order valence-corrected chi connectivity index (χ4v) is 3.10. The zero-order valence-corrected chi connectivity index (χ0v) is 11.4. The van der Waals surface area contributed by atoms with E-state index in [0.29, 0.717) is 12.0 Å². The minimum atomic E-state index is -0.358. The average molecular weight is 254 g/mol. The fraction of sp³-hybridized carbons (Fsp3) is 0.929. The Balaban J connectivity index is 1.82. The second-order valence-corrected chi connectivity index (χ2v) is 5.85. The molecule has 0 aromatic carbocycles. The summed E-state index contributed by atoms with van der Waals surface area (Å²) in [6, 6.07) is -0.0276. The number of ether oxygens (including phenoxy) is 1. The van der Waals surface area contributed by atoms with Crippen LogP contribution < -0.4 is 11.1 Å². The molecule has 104 valence electrons. The zero-order chi connectivity index (χ0) is 13.0. The van der Waals surface area contributed by atoms with E-state index in [1.165, 1.54) is 19.3 Å². The van der Waals surface area contributed by atoms with Crippen molar-refractivity contribution in [1.29, 1.82) is 0 Å². The van der Waals surface area contributed by atoms with Gasteiger partial charge in [-0.2, -0.15) is 0 Å². The van der Waals surface area contributed by atoms with Gasteiger partial charge in [0, 0.05) is 19.3 Å². The molecule has 4 nitrogen and oxygen atoms in total. The summed E-state index contributed by atoms with van der Waals surface area (Å²) in [5.41, 5.74) is 6.09. The van der Waals surface area contributed by atoms with Gasteiger partial charge in [-0.25, -0.2) is 0 Å². The van der Waals surface area contributed by atoms with Crippen molar-refractivity contribution < 1.29 is 9.53 Å². The van der Waals surface area contributed by atoms with Gasteiger partial charge in [0.05, 0.1) is 6.04 Å². The molecule has 3 atom stereocenters. The van der Waals surface area contributed by atoms with Gasteiger partial charge in [0.15, 0.2) is 0 Å². The summed E-state index contributed by atoms with van der Waals surface area (Å²) in [6.07, 6.45) is 6.66. The Morgan fingerprint density at radius 1 is 1.22 bits per heavy atom. The second-order valence-electron chi connectivity index (χ2n) is 5.85. The third kappa shape index (κ3) is 3.45. The van der Waals surface area contributed by atoms with Crippen molar-refractivity contribution in [2.24, 2.45) is 17.6 Å². The first-order valence-electron chi connectivity index (χ1n) is 7.32. The summed E-state index contributed by atoms with van der Waals surface area (Å²) in [4.78, 5) is 12.2. The molecule has 3 unspecified atom stereocenters. The molecule has 2 fully saturated rings. The summed E-state index contributed by atoms with van der Waals surface area (Å²) < 4.78 is 5.31. The minimum Gasteiger partial charge on any atom is -0.381 e. The molecule has 3 N–H and O–H groups in total. The maximum Gasteiger partial charge on any atom is 0.237 e. The first-order valence-corrected chi connectivity index (χ1v) is 7.32. The Bertz CT molecular complexity index is 277. The van der Waals surface area contributed by atoms with E-state index in [2.05, 4.69) is 12.2 Å². The van der Waals surface area contributed by atoms with Gasteiger partial charge in [-0.3, -0.25) is 4.79 Å². The number of nitrogens with one attached hydrogen (secondary N) is 1. The van der Waals surface area contributed by atoms with Crippen LogP contribution in [0.15, 0.2) is 0 Å². The Hall–Kier alpha value is -0.610. The summed E-state index contributed by atoms with van der Waals surface area (Å²) in [5, 5.41) is 3.16. The smallest absolute Gasteiger partial charge is 0.237 e. The van der Waals surface area contributed by atoms with Gasteiger partial charge in [0.1, 0.15) is 0 Å². The standard InChI is InChI=1S/C14H26N2O2/c1-10-4-2-3-5-12(10)16-14(17)13(15)11-6-8-18-9-7-11/h10-13H,2-9,15H2,1H3,(H,16,17). The van der Waals surface area contributed by atoms with Crippen LogP contribution in [0.1, 0.15) is 45.4 Å². The molecule has 1 aliphatic carbocycles. The lowest BCUT2D eigenvalue weighted by atomic mass is 9.85. The van der Waals surface area contributed by atoms with E-state index in [1.54, 1.807) is 0 Å². The molecule has 0 spiro atoms. The van der Waals surface area contributed by atoms with Crippen LogP contribution in [0, 0.1) is 11.8 Å². The van der Waals surface area contributed by atoms with Gasteiger partial charge >= 0.3 is 0 Å². The quantitative estimate of drug-likeness (QED) is 0.801. The lowest BCUT2D eigenvalue weighted by molar-refractivity contribution is -0.125. The molecule has 0 aromatic rings. The van der Waals surface area contributed by atoms with Crippen molar-refractivity contribution in [2.45, 2.75) is 57.5 Å². The van der Waals surface area contributed by atoms with Crippen molar-refractivity contribution in [2.75, 3.05) is 13.2 Å². The lowest BCUT2D eigenvalue weighted by Crippen LogP contribution is -2.52. The fourth-order valence-electron chi connectivity index (χ4n) is 3.10. The van der Waals surface area contributed by atoms with E-state index < -0.39 is 0 Å². The molecule has 0 radical (unpaired) electrons. The van der Waals surface area contributed by atoms with E-state index >= 15 is 0 Å². The number of rotatable bonds is 3. The zero-order valence-electron chi connectivity index (χ0n) is 11.4. The topological polar surface area (TPSA) is 64.4 Å². The molecule has 2 aliphatic rings. The van der Waals surface area contributed by atoms with Crippen LogP contribution in [0.2, 0.25) is 0 Å². The normalized spacial score (nSPS) is 31.9. The van der Waals surface area contributed by atoms with E-state index in [0.717, 1.165) is 32.5 Å². The van der Waals surface area contributed by atoms with Gasteiger partial charge in [0.2, 0.25) is 5.91 Å². The van der Waals surface area contributed by atoms with Crippen LogP contribution in [0.4, 0.5) is 0 Å². The second kappa shape index (κ2) is 6.53. The third-order valence-corrected chi connectivity index (χ3v) is 4.52. The molecule has 18 heavy (non-hydrogen) atoms. The first kappa shape index (κ1) is 13.8. The van der Waals surface area contributed by atoms with E-state index in [1.807, 2.05) is 0 Å². The van der Waals surface area contributed by atoms with Crippen LogP contribution in [-0.4, -0.2) is 31.2 Å². The van der Waals surface area contributed by atoms with E-state index in [-0.39, 0.29) is 17.9 Å². The van der Waals surface area contributed by atoms with Gasteiger partial charge < -0.3 is 15.8 Å². The number of hydrogen-bond donors (Lipinski definition) is 2. The van der Waals surface area contributed by atoms with E-state index in [4.69, 9.17) is 10.5 Å². The van der Waals surface area contributed by atoms with Crippen LogP contribution in [0.3, 0.4) is 0 Å². The number of hydrogen-bond acceptors (Lipinski definition) is 3. The Morgan fingerprint density at radius 3 is 2.56 bits per heavy atom. The highest BCUT2D eigenvalue weighted by Gasteiger charge is 2.29. The predicted molar refractivity (Wildman–Crippen MR) is 71.1 cm³/mol. The highest BCUT2D eigenvalue weighted by molar-refractivity contribution is 5.82. The van der Waals surface area contributed by atoms with Gasteiger partial charge in [0.25, 0.3) is 0 Å². The number of carbonyl (C=O) groups is 1. The monoisotopic (exact) mass is 254 g/mol. The van der Waals surface area contributed by atoms with Gasteiger partial charge in [-0.05, 0) is 37.5 Å². The summed E-state index contributed by atoms with van der Waals surface area (Å²) in [5.74, 6) is 0.919. The number of nitrogens with two attached hydrogens (primary N) is 1. The largest absolute Gasteiger partial charge is 0.381 e. The minimum absolute atomic E-state index is 0.0423. The Kier molecular flexibility index (Phi) is 5.01. The molecular formula is C14H26N2O2. The maximum absolute atomic E-state index is 12.2. The summed E-state index contributed by atoms with van der Waals surface area (Å²) in [6.45, 7) is 3.71. The molecule has 1 aliphatic heterocycles. The first-order chi connectivity index (χ1) is 8.68. The van der Waals surface area contributed by atoms with Crippen molar-refractivity contribution in [3.05, 3.63) is 0 Å². The van der Waals surface area contributed by atoms with Crippen LogP contribution in [0.5, 0.6) is 0 Å². The summed E-state index contributed by atoms with van der Waals surface area (Å²) in [7, 11) is 0. The van der Waals surface area contributed by atoms with Crippen molar-refractivity contribution in [1.82, 2.24) is 5.32 Å². The Labute approximate surface area is 110 Å².